The molecule has 1 aliphatic rings. The van der Waals surface area contributed by atoms with E-state index in [1.54, 1.807) is 17.0 Å². The second kappa shape index (κ2) is 9.56. The molecule has 0 aliphatic carbocycles. The van der Waals surface area contributed by atoms with Crippen molar-refractivity contribution in [3.05, 3.63) is 107 Å². The lowest BCUT2D eigenvalue weighted by Gasteiger charge is -2.37. The van der Waals surface area contributed by atoms with Crippen molar-refractivity contribution in [2.24, 2.45) is 5.92 Å². The number of halogens is 1. The van der Waals surface area contributed by atoms with E-state index in [0.717, 1.165) is 11.1 Å². The van der Waals surface area contributed by atoms with Gasteiger partial charge in [0, 0.05) is 25.6 Å². The summed E-state index contributed by atoms with van der Waals surface area (Å²) in [6.07, 6.45) is 0.645. The van der Waals surface area contributed by atoms with Gasteiger partial charge in [-0.1, -0.05) is 72.8 Å². The van der Waals surface area contributed by atoms with Crippen molar-refractivity contribution < 1.29 is 14.0 Å². The summed E-state index contributed by atoms with van der Waals surface area (Å²) < 4.78 is 14.3. The molecule has 0 unspecified atom stereocenters. The molecule has 0 aromatic heterocycles. The lowest BCUT2D eigenvalue weighted by molar-refractivity contribution is -0.126. The molecule has 0 bridgehead atoms. The SMILES string of the molecule is O=C(NCc1ccccc1)[C@H]1C[C@H](c2ccccc2)CN(C(=O)c2ccccc2F)C1. The zero-order chi connectivity index (χ0) is 21.6. The highest BCUT2D eigenvalue weighted by molar-refractivity contribution is 5.95. The Kier molecular flexibility index (Phi) is 6.41. The monoisotopic (exact) mass is 416 g/mol. The average Bonchev–Trinajstić information content (AvgIpc) is 2.83. The number of hydrogen-bond acceptors (Lipinski definition) is 2. The molecule has 4 rings (SSSR count). The third kappa shape index (κ3) is 5.00. The fourth-order valence-corrected chi connectivity index (χ4v) is 4.16. The fourth-order valence-electron chi connectivity index (χ4n) is 4.16. The number of likely N-dealkylation sites (tertiary alicyclic amines) is 1. The molecule has 1 saturated heterocycles. The maximum Gasteiger partial charge on any atom is 0.256 e. The summed E-state index contributed by atoms with van der Waals surface area (Å²) in [5.74, 6) is -1.36. The van der Waals surface area contributed by atoms with Crippen molar-refractivity contribution in [2.75, 3.05) is 13.1 Å². The summed E-state index contributed by atoms with van der Waals surface area (Å²) in [5, 5.41) is 3.00. The Morgan fingerprint density at radius 2 is 1.52 bits per heavy atom. The number of carbonyl (C=O) groups excluding carboxylic acids is 2. The third-order valence-corrected chi connectivity index (χ3v) is 5.79. The van der Waals surface area contributed by atoms with Crippen molar-refractivity contribution >= 4 is 11.8 Å². The minimum Gasteiger partial charge on any atom is -0.352 e. The van der Waals surface area contributed by atoms with Crippen LogP contribution >= 0.6 is 0 Å². The van der Waals surface area contributed by atoms with E-state index in [2.05, 4.69) is 5.32 Å². The van der Waals surface area contributed by atoms with Gasteiger partial charge in [0.15, 0.2) is 0 Å². The number of hydrogen-bond donors (Lipinski definition) is 1. The van der Waals surface area contributed by atoms with Crippen LogP contribution in [0.1, 0.15) is 33.8 Å². The highest BCUT2D eigenvalue weighted by Crippen LogP contribution is 2.31. The largest absolute Gasteiger partial charge is 0.352 e. The molecular weight excluding hydrogens is 391 g/mol. The standard InChI is InChI=1S/C26H25FN2O2/c27-24-14-8-7-13-23(24)26(31)29-17-21(20-11-5-2-6-12-20)15-22(18-29)25(30)28-16-19-9-3-1-4-10-19/h1-14,21-22H,15-18H2,(H,28,30)/t21-,22-/m0/s1. The van der Waals surface area contributed by atoms with E-state index in [0.29, 0.717) is 19.5 Å². The predicted octanol–water partition coefficient (Wildman–Crippen LogP) is 4.39. The number of rotatable bonds is 5. The van der Waals surface area contributed by atoms with Crippen LogP contribution in [0.5, 0.6) is 0 Å². The van der Waals surface area contributed by atoms with E-state index in [4.69, 9.17) is 0 Å². The minimum absolute atomic E-state index is 0.0122. The molecule has 1 aliphatic heterocycles. The van der Waals surface area contributed by atoms with E-state index >= 15 is 0 Å². The topological polar surface area (TPSA) is 49.4 Å². The number of nitrogens with one attached hydrogen (secondary N) is 1. The van der Waals surface area contributed by atoms with Crippen LogP contribution in [0.3, 0.4) is 0 Å². The highest BCUT2D eigenvalue weighted by Gasteiger charge is 2.35. The van der Waals surface area contributed by atoms with Crippen LogP contribution in [0.4, 0.5) is 4.39 Å². The molecule has 3 aromatic rings. The number of amides is 2. The molecule has 1 N–H and O–H groups in total. The van der Waals surface area contributed by atoms with Gasteiger partial charge in [0.2, 0.25) is 5.91 Å². The van der Waals surface area contributed by atoms with Gasteiger partial charge < -0.3 is 10.2 Å². The molecule has 5 heteroatoms. The van der Waals surface area contributed by atoms with Gasteiger partial charge in [-0.3, -0.25) is 9.59 Å². The number of nitrogens with zero attached hydrogens (tertiary/aromatic N) is 1. The number of piperidine rings is 1. The summed E-state index contributed by atoms with van der Waals surface area (Å²) in [6, 6.07) is 25.6. The van der Waals surface area contributed by atoms with Crippen molar-refractivity contribution in [2.45, 2.75) is 18.9 Å². The van der Waals surface area contributed by atoms with E-state index < -0.39 is 5.82 Å². The third-order valence-electron chi connectivity index (χ3n) is 5.79. The maximum absolute atomic E-state index is 14.3. The Hall–Kier alpha value is -3.47. The average molecular weight is 416 g/mol. The smallest absolute Gasteiger partial charge is 0.256 e. The summed E-state index contributed by atoms with van der Waals surface area (Å²) in [7, 11) is 0. The molecule has 4 nitrogen and oxygen atoms in total. The first-order chi connectivity index (χ1) is 15.1. The summed E-state index contributed by atoms with van der Waals surface area (Å²) in [5.41, 5.74) is 2.14. The lowest BCUT2D eigenvalue weighted by Crippen LogP contribution is -2.48. The number of carbonyl (C=O) groups is 2. The van der Waals surface area contributed by atoms with Gasteiger partial charge in [-0.2, -0.15) is 0 Å². The van der Waals surface area contributed by atoms with E-state index in [1.165, 1.54) is 12.1 Å². The van der Waals surface area contributed by atoms with Crippen LogP contribution in [0, 0.1) is 11.7 Å². The fraction of sp³-hybridized carbons (Fsp3) is 0.231. The van der Waals surface area contributed by atoms with E-state index in [9.17, 15) is 14.0 Å². The summed E-state index contributed by atoms with van der Waals surface area (Å²) in [4.78, 5) is 27.7. The van der Waals surface area contributed by atoms with Gasteiger partial charge >= 0.3 is 0 Å². The normalized spacial score (nSPS) is 18.4. The van der Waals surface area contributed by atoms with Crippen LogP contribution < -0.4 is 5.32 Å². The Morgan fingerprint density at radius 3 is 2.23 bits per heavy atom. The molecular formula is C26H25FN2O2. The van der Waals surface area contributed by atoms with Gasteiger partial charge in [-0.05, 0) is 29.7 Å². The van der Waals surface area contributed by atoms with Crippen molar-refractivity contribution in [1.82, 2.24) is 10.2 Å². The zero-order valence-corrected chi connectivity index (χ0v) is 17.2. The van der Waals surface area contributed by atoms with Gasteiger partial charge in [0.05, 0.1) is 11.5 Å². The van der Waals surface area contributed by atoms with Gasteiger partial charge in [0.1, 0.15) is 5.82 Å². The van der Waals surface area contributed by atoms with Gasteiger partial charge in [-0.15, -0.1) is 0 Å². The molecule has 2 amide bonds. The van der Waals surface area contributed by atoms with Crippen molar-refractivity contribution in [3.63, 3.8) is 0 Å². The molecule has 31 heavy (non-hydrogen) atoms. The zero-order valence-electron chi connectivity index (χ0n) is 17.2. The van der Waals surface area contributed by atoms with Crippen LogP contribution in [0.2, 0.25) is 0 Å². The molecule has 0 saturated carbocycles. The molecule has 3 aromatic carbocycles. The van der Waals surface area contributed by atoms with E-state index in [-0.39, 0.29) is 35.8 Å². The van der Waals surface area contributed by atoms with Crippen LogP contribution in [-0.2, 0) is 11.3 Å². The quantitative estimate of drug-likeness (QED) is 0.671. The molecule has 2 atom stereocenters. The first kappa shape index (κ1) is 20.8. The Labute approximate surface area is 181 Å². The Balaban J connectivity index is 1.54. The first-order valence-corrected chi connectivity index (χ1v) is 10.5. The second-order valence-electron chi connectivity index (χ2n) is 7.93. The molecule has 0 spiro atoms. The van der Waals surface area contributed by atoms with Crippen molar-refractivity contribution in [1.29, 1.82) is 0 Å². The number of benzene rings is 3. The highest BCUT2D eigenvalue weighted by atomic mass is 19.1. The van der Waals surface area contributed by atoms with Gasteiger partial charge in [0.25, 0.3) is 5.91 Å². The molecule has 0 radical (unpaired) electrons. The first-order valence-electron chi connectivity index (χ1n) is 10.5. The molecule has 158 valence electrons. The van der Waals surface area contributed by atoms with E-state index in [1.807, 2.05) is 60.7 Å². The Morgan fingerprint density at radius 1 is 0.871 bits per heavy atom. The predicted molar refractivity (Wildman–Crippen MR) is 118 cm³/mol. The summed E-state index contributed by atoms with van der Waals surface area (Å²) in [6.45, 7) is 1.17. The maximum atomic E-state index is 14.3. The Bertz CT molecular complexity index is 1040. The van der Waals surface area contributed by atoms with Crippen LogP contribution in [-0.4, -0.2) is 29.8 Å². The lowest BCUT2D eigenvalue weighted by atomic mass is 9.83. The summed E-state index contributed by atoms with van der Waals surface area (Å²) >= 11 is 0. The molecule has 1 fully saturated rings. The van der Waals surface area contributed by atoms with Crippen LogP contribution in [0.15, 0.2) is 84.9 Å². The second-order valence-corrected chi connectivity index (χ2v) is 7.93. The molecule has 1 heterocycles. The van der Waals surface area contributed by atoms with Gasteiger partial charge in [-0.25, -0.2) is 4.39 Å². The van der Waals surface area contributed by atoms with Crippen LogP contribution in [0.25, 0.3) is 0 Å². The van der Waals surface area contributed by atoms with Crippen molar-refractivity contribution in [3.8, 4) is 0 Å². The minimum atomic E-state index is -0.542.